The molecule has 0 spiro atoms. The van der Waals surface area contributed by atoms with E-state index >= 15 is 0 Å². The van der Waals surface area contributed by atoms with Crippen molar-refractivity contribution in [3.05, 3.63) is 42.2 Å². The summed E-state index contributed by atoms with van der Waals surface area (Å²) in [6.45, 7) is 7.31. The SMILES string of the molecule is CC(=O)N1c2ccc(-c3ccc(S(C)(=O)=O)c(F)c3)cc2N(C(O)OC(C)C)C[C@@H]1C. The Kier molecular flexibility index (Phi) is 6.40. The number of rotatable bonds is 5. The van der Waals surface area contributed by atoms with Gasteiger partial charge < -0.3 is 19.6 Å². The highest BCUT2D eigenvalue weighted by Gasteiger charge is 2.34. The van der Waals surface area contributed by atoms with Crippen LogP contribution in [0.25, 0.3) is 11.1 Å². The average Bonchev–Trinajstić information content (AvgIpc) is 2.64. The van der Waals surface area contributed by atoms with Gasteiger partial charge in [-0.15, -0.1) is 0 Å². The molecular formula is C22H27FN2O5S. The number of anilines is 2. The lowest BCUT2D eigenvalue weighted by molar-refractivity contribution is -0.127. The maximum atomic E-state index is 14.4. The molecule has 0 radical (unpaired) electrons. The molecule has 0 aliphatic carbocycles. The molecule has 1 unspecified atom stereocenters. The minimum absolute atomic E-state index is 0.135. The monoisotopic (exact) mass is 450 g/mol. The molecule has 2 aromatic carbocycles. The number of aliphatic hydroxyl groups excluding tert-OH is 1. The van der Waals surface area contributed by atoms with E-state index < -0.39 is 22.1 Å². The largest absolute Gasteiger partial charge is 0.351 e. The molecule has 1 heterocycles. The van der Waals surface area contributed by atoms with Crippen molar-refractivity contribution in [2.75, 3.05) is 22.6 Å². The van der Waals surface area contributed by atoms with Crippen LogP contribution in [0.4, 0.5) is 15.8 Å². The highest BCUT2D eigenvalue weighted by molar-refractivity contribution is 7.90. The minimum atomic E-state index is -3.68. The first kappa shape index (κ1) is 23.2. The van der Waals surface area contributed by atoms with E-state index in [2.05, 4.69) is 0 Å². The molecule has 0 bridgehead atoms. The second-order valence-corrected chi connectivity index (χ2v) is 10.0. The van der Waals surface area contributed by atoms with Gasteiger partial charge in [-0.05, 0) is 56.2 Å². The third kappa shape index (κ3) is 4.73. The molecule has 1 aliphatic rings. The molecular weight excluding hydrogens is 423 g/mol. The van der Waals surface area contributed by atoms with Gasteiger partial charge in [0.1, 0.15) is 10.7 Å². The highest BCUT2D eigenvalue weighted by Crippen LogP contribution is 2.40. The van der Waals surface area contributed by atoms with E-state index in [1.807, 2.05) is 20.8 Å². The van der Waals surface area contributed by atoms with Gasteiger partial charge in [-0.2, -0.15) is 0 Å². The third-order valence-electron chi connectivity index (χ3n) is 5.11. The first-order valence-electron chi connectivity index (χ1n) is 9.94. The second kappa shape index (κ2) is 8.57. The highest BCUT2D eigenvalue weighted by atomic mass is 32.2. The summed E-state index contributed by atoms with van der Waals surface area (Å²) in [6.07, 6.45) is -0.495. The van der Waals surface area contributed by atoms with Crippen molar-refractivity contribution >= 4 is 27.1 Å². The van der Waals surface area contributed by atoms with Gasteiger partial charge in [0.2, 0.25) is 12.3 Å². The molecule has 168 valence electrons. The fraction of sp³-hybridized carbons (Fsp3) is 0.409. The van der Waals surface area contributed by atoms with Crippen molar-refractivity contribution in [2.45, 2.75) is 51.2 Å². The van der Waals surface area contributed by atoms with Crippen LogP contribution < -0.4 is 9.80 Å². The van der Waals surface area contributed by atoms with Crippen LogP contribution >= 0.6 is 0 Å². The van der Waals surface area contributed by atoms with Crippen molar-refractivity contribution in [1.82, 2.24) is 0 Å². The fourth-order valence-electron chi connectivity index (χ4n) is 3.83. The van der Waals surface area contributed by atoms with Crippen LogP contribution in [0.2, 0.25) is 0 Å². The van der Waals surface area contributed by atoms with E-state index in [-0.39, 0.29) is 22.9 Å². The topological polar surface area (TPSA) is 87.2 Å². The smallest absolute Gasteiger partial charge is 0.238 e. The van der Waals surface area contributed by atoms with Gasteiger partial charge in [-0.3, -0.25) is 4.79 Å². The lowest BCUT2D eigenvalue weighted by atomic mass is 10.0. The van der Waals surface area contributed by atoms with Gasteiger partial charge >= 0.3 is 0 Å². The van der Waals surface area contributed by atoms with Crippen molar-refractivity contribution in [3.63, 3.8) is 0 Å². The number of amides is 1. The van der Waals surface area contributed by atoms with Gasteiger partial charge in [0, 0.05) is 19.7 Å². The zero-order chi connectivity index (χ0) is 23.1. The zero-order valence-corrected chi connectivity index (χ0v) is 19.0. The summed E-state index contributed by atoms with van der Waals surface area (Å²) in [5.41, 5.74) is 2.25. The predicted molar refractivity (Wildman–Crippen MR) is 117 cm³/mol. The van der Waals surface area contributed by atoms with Crippen LogP contribution in [0.5, 0.6) is 0 Å². The number of ether oxygens (including phenoxy) is 1. The van der Waals surface area contributed by atoms with Crippen LogP contribution in [-0.4, -0.2) is 50.8 Å². The van der Waals surface area contributed by atoms with Crippen molar-refractivity contribution in [3.8, 4) is 11.1 Å². The van der Waals surface area contributed by atoms with Gasteiger partial charge in [-0.25, -0.2) is 12.8 Å². The number of hydrogen-bond donors (Lipinski definition) is 1. The van der Waals surface area contributed by atoms with E-state index in [1.54, 1.807) is 28.0 Å². The van der Waals surface area contributed by atoms with Gasteiger partial charge in [0.25, 0.3) is 0 Å². The average molecular weight is 451 g/mol. The van der Waals surface area contributed by atoms with E-state index in [0.29, 0.717) is 29.0 Å². The number of hydrogen-bond acceptors (Lipinski definition) is 6. The molecule has 0 saturated carbocycles. The molecule has 1 amide bonds. The number of benzene rings is 2. The molecule has 2 aromatic rings. The van der Waals surface area contributed by atoms with Crippen LogP contribution in [0.1, 0.15) is 27.7 Å². The van der Waals surface area contributed by atoms with Gasteiger partial charge in [0.15, 0.2) is 9.84 Å². The van der Waals surface area contributed by atoms with Crippen molar-refractivity contribution in [1.29, 1.82) is 0 Å². The number of aliphatic hydroxyl groups is 1. The second-order valence-electron chi connectivity index (χ2n) is 8.02. The lowest BCUT2D eigenvalue weighted by Crippen LogP contribution is -2.53. The van der Waals surface area contributed by atoms with Gasteiger partial charge in [0.05, 0.1) is 23.5 Å². The zero-order valence-electron chi connectivity index (χ0n) is 18.2. The number of carbonyl (C=O) groups excluding carboxylic acids is 1. The Morgan fingerprint density at radius 1 is 1.16 bits per heavy atom. The van der Waals surface area contributed by atoms with Crippen molar-refractivity contribution in [2.24, 2.45) is 0 Å². The Morgan fingerprint density at radius 3 is 2.32 bits per heavy atom. The Bertz CT molecular complexity index is 1100. The predicted octanol–water partition coefficient (Wildman–Crippen LogP) is 3.16. The first-order valence-corrected chi connectivity index (χ1v) is 11.8. The molecule has 3 rings (SSSR count). The van der Waals surface area contributed by atoms with E-state index in [0.717, 1.165) is 12.3 Å². The van der Waals surface area contributed by atoms with E-state index in [1.165, 1.54) is 19.1 Å². The fourth-order valence-corrected chi connectivity index (χ4v) is 4.55. The molecule has 2 atom stereocenters. The summed E-state index contributed by atoms with van der Waals surface area (Å²) < 4.78 is 43.4. The summed E-state index contributed by atoms with van der Waals surface area (Å²) in [5, 5.41) is 10.6. The summed E-state index contributed by atoms with van der Waals surface area (Å²) in [5.74, 6) is -0.972. The van der Waals surface area contributed by atoms with Crippen LogP contribution in [0.15, 0.2) is 41.3 Å². The molecule has 0 aromatic heterocycles. The number of sulfone groups is 1. The molecule has 0 fully saturated rings. The van der Waals surface area contributed by atoms with E-state index in [9.17, 15) is 22.7 Å². The number of carbonyl (C=O) groups is 1. The van der Waals surface area contributed by atoms with E-state index in [4.69, 9.17) is 4.74 Å². The lowest BCUT2D eigenvalue weighted by Gasteiger charge is -2.43. The normalized spacial score (nSPS) is 17.6. The van der Waals surface area contributed by atoms with Crippen LogP contribution in [0.3, 0.4) is 0 Å². The maximum absolute atomic E-state index is 14.4. The quantitative estimate of drug-likeness (QED) is 0.705. The molecule has 7 nitrogen and oxygen atoms in total. The standard InChI is InChI=1S/C22H27FN2O5S/c1-13(2)30-22(27)24-12-14(3)25(15(4)26)19-8-6-17(11-20(19)24)16-7-9-21(18(23)10-16)31(5,28)29/h6-11,13-14,22,27H,12H2,1-5H3/t14-,22?/m0/s1. The number of halogens is 1. The molecule has 0 saturated heterocycles. The molecule has 1 aliphatic heterocycles. The number of nitrogens with zero attached hydrogens (tertiary/aromatic N) is 2. The Morgan fingerprint density at radius 2 is 1.77 bits per heavy atom. The summed E-state index contributed by atoms with van der Waals surface area (Å²) in [6, 6.07) is 8.93. The minimum Gasteiger partial charge on any atom is -0.351 e. The van der Waals surface area contributed by atoms with Crippen molar-refractivity contribution < 1.29 is 27.4 Å². The van der Waals surface area contributed by atoms with Gasteiger partial charge in [-0.1, -0.05) is 12.1 Å². The molecule has 1 N–H and O–H groups in total. The summed E-state index contributed by atoms with van der Waals surface area (Å²) in [4.78, 5) is 15.2. The molecule has 9 heteroatoms. The third-order valence-corrected chi connectivity index (χ3v) is 6.24. The Labute approximate surface area is 182 Å². The van der Waals surface area contributed by atoms with Crippen LogP contribution in [0, 0.1) is 5.82 Å². The molecule has 31 heavy (non-hydrogen) atoms. The van der Waals surface area contributed by atoms with Crippen LogP contribution in [-0.2, 0) is 19.4 Å². The maximum Gasteiger partial charge on any atom is 0.238 e. The summed E-state index contributed by atoms with van der Waals surface area (Å²) in [7, 11) is -3.68. The Balaban J connectivity index is 2.11. The number of fused-ring (bicyclic) bond motifs is 1. The summed E-state index contributed by atoms with van der Waals surface area (Å²) >= 11 is 0. The first-order chi connectivity index (χ1) is 14.4. The Hall–Kier alpha value is -2.49.